The van der Waals surface area contributed by atoms with E-state index in [4.69, 9.17) is 14.2 Å². The number of amides is 1. The van der Waals surface area contributed by atoms with Crippen molar-refractivity contribution in [1.82, 2.24) is 0 Å². The van der Waals surface area contributed by atoms with Gasteiger partial charge in [0.25, 0.3) is 0 Å². The van der Waals surface area contributed by atoms with Gasteiger partial charge in [0.05, 0.1) is 19.4 Å². The highest BCUT2D eigenvalue weighted by atomic mass is 16.6. The van der Waals surface area contributed by atoms with E-state index in [0.717, 1.165) is 0 Å². The Morgan fingerprint density at radius 1 is 1.30 bits per heavy atom. The Labute approximate surface area is 135 Å². The summed E-state index contributed by atoms with van der Waals surface area (Å²) in [4.78, 5) is 23.4. The molecule has 23 heavy (non-hydrogen) atoms. The molecule has 0 spiro atoms. The fourth-order valence-electron chi connectivity index (χ4n) is 1.75. The molecule has 0 radical (unpaired) electrons. The van der Waals surface area contributed by atoms with Gasteiger partial charge in [0.15, 0.2) is 6.10 Å². The lowest BCUT2D eigenvalue weighted by atomic mass is 10.1. The summed E-state index contributed by atoms with van der Waals surface area (Å²) < 4.78 is 15.1. The van der Waals surface area contributed by atoms with Crippen LogP contribution >= 0.6 is 0 Å². The molecule has 0 aromatic heterocycles. The first-order valence-electron chi connectivity index (χ1n) is 7.20. The molecule has 1 atom stereocenters. The first kappa shape index (κ1) is 18.8. The van der Waals surface area contributed by atoms with Gasteiger partial charge in [-0.25, -0.2) is 9.59 Å². The second-order valence-electron chi connectivity index (χ2n) is 5.74. The lowest BCUT2D eigenvalue weighted by molar-refractivity contribution is -0.153. The van der Waals surface area contributed by atoms with Crippen LogP contribution in [0.3, 0.4) is 0 Å². The van der Waals surface area contributed by atoms with Gasteiger partial charge in [-0.15, -0.1) is 0 Å². The number of methoxy groups -OCH3 is 1. The van der Waals surface area contributed by atoms with Crippen LogP contribution < -0.4 is 10.1 Å². The number of hydrogen-bond donors (Lipinski definition) is 2. The molecule has 0 fully saturated rings. The summed E-state index contributed by atoms with van der Waals surface area (Å²) in [5.41, 5.74) is 0.0359. The minimum absolute atomic E-state index is 0.172. The summed E-state index contributed by atoms with van der Waals surface area (Å²) >= 11 is 0. The molecule has 7 heteroatoms. The highest BCUT2D eigenvalue weighted by Crippen LogP contribution is 2.29. The van der Waals surface area contributed by atoms with Crippen molar-refractivity contribution in [3.63, 3.8) is 0 Å². The topological polar surface area (TPSA) is 94.1 Å². The van der Waals surface area contributed by atoms with Gasteiger partial charge in [-0.2, -0.15) is 0 Å². The number of rotatable bonds is 5. The van der Waals surface area contributed by atoms with Crippen molar-refractivity contribution >= 4 is 17.7 Å². The number of carbonyl (C=O) groups excluding carboxylic acids is 2. The Kier molecular flexibility index (Phi) is 6.38. The molecule has 0 saturated carbocycles. The quantitative estimate of drug-likeness (QED) is 0.808. The minimum atomic E-state index is -1.42. The van der Waals surface area contributed by atoms with Gasteiger partial charge in [-0.05, 0) is 45.4 Å². The van der Waals surface area contributed by atoms with Crippen molar-refractivity contribution < 1.29 is 28.9 Å². The number of benzene rings is 1. The number of nitrogens with one attached hydrogen (secondary N) is 1. The Balaban J connectivity index is 2.92. The van der Waals surface area contributed by atoms with E-state index in [1.165, 1.54) is 25.3 Å². The third kappa shape index (κ3) is 5.78. The lowest BCUT2D eigenvalue weighted by Gasteiger charge is -2.20. The predicted octanol–water partition coefficient (Wildman–Crippen LogP) is 2.64. The minimum Gasteiger partial charge on any atom is -0.495 e. The fraction of sp³-hybridized carbons (Fsp3) is 0.500. The predicted molar refractivity (Wildman–Crippen MR) is 84.4 cm³/mol. The highest BCUT2D eigenvalue weighted by Gasteiger charge is 2.21. The molecule has 0 saturated heterocycles. The summed E-state index contributed by atoms with van der Waals surface area (Å²) in [6.07, 6.45) is -2.05. The van der Waals surface area contributed by atoms with Crippen LogP contribution in [0.2, 0.25) is 0 Å². The van der Waals surface area contributed by atoms with Crippen LogP contribution in [0.5, 0.6) is 5.75 Å². The Morgan fingerprint density at radius 2 is 1.96 bits per heavy atom. The third-order valence-electron chi connectivity index (χ3n) is 2.69. The zero-order valence-corrected chi connectivity index (χ0v) is 14.0. The lowest BCUT2D eigenvalue weighted by Crippen LogP contribution is -2.27. The van der Waals surface area contributed by atoms with Crippen LogP contribution in [0.4, 0.5) is 10.5 Å². The van der Waals surface area contributed by atoms with Gasteiger partial charge in [-0.1, -0.05) is 6.07 Å². The van der Waals surface area contributed by atoms with E-state index in [9.17, 15) is 14.7 Å². The van der Waals surface area contributed by atoms with E-state index in [0.29, 0.717) is 11.3 Å². The van der Waals surface area contributed by atoms with Crippen molar-refractivity contribution in [1.29, 1.82) is 0 Å². The van der Waals surface area contributed by atoms with Gasteiger partial charge in [-0.3, -0.25) is 5.32 Å². The van der Waals surface area contributed by atoms with Gasteiger partial charge >= 0.3 is 12.1 Å². The summed E-state index contributed by atoms with van der Waals surface area (Å²) in [5.74, 6) is -0.459. The first-order valence-corrected chi connectivity index (χ1v) is 7.20. The SMILES string of the molecule is CCOC(=O)C(O)c1ccc(NC(=O)OC(C)(C)C)c(OC)c1. The zero-order chi connectivity index (χ0) is 17.6. The molecule has 0 aliphatic rings. The van der Waals surface area contributed by atoms with Crippen molar-refractivity contribution in [2.24, 2.45) is 0 Å². The molecule has 0 aliphatic heterocycles. The van der Waals surface area contributed by atoms with Crippen LogP contribution in [0, 0.1) is 0 Å². The largest absolute Gasteiger partial charge is 0.495 e. The number of esters is 1. The first-order chi connectivity index (χ1) is 10.7. The zero-order valence-electron chi connectivity index (χ0n) is 14.0. The molecule has 1 aromatic carbocycles. The average Bonchev–Trinajstić information content (AvgIpc) is 2.45. The standard InChI is InChI=1S/C16H23NO6/c1-6-22-14(19)13(18)10-7-8-11(12(9-10)21-5)17-15(20)23-16(2,3)4/h7-9,13,18H,6H2,1-5H3,(H,17,20). The van der Waals surface area contributed by atoms with Crippen LogP contribution in [0.25, 0.3) is 0 Å². The van der Waals surface area contributed by atoms with E-state index >= 15 is 0 Å². The highest BCUT2D eigenvalue weighted by molar-refractivity contribution is 5.87. The molecule has 2 N–H and O–H groups in total. The average molecular weight is 325 g/mol. The molecule has 0 aliphatic carbocycles. The van der Waals surface area contributed by atoms with E-state index < -0.39 is 23.8 Å². The van der Waals surface area contributed by atoms with Crippen LogP contribution in [-0.2, 0) is 14.3 Å². The normalized spacial score (nSPS) is 12.3. The maximum absolute atomic E-state index is 11.8. The molecule has 7 nitrogen and oxygen atoms in total. The molecule has 1 unspecified atom stereocenters. The van der Waals surface area contributed by atoms with Crippen molar-refractivity contribution in [2.75, 3.05) is 19.0 Å². The number of aliphatic hydroxyl groups is 1. The number of carbonyl (C=O) groups is 2. The Bertz CT molecular complexity index is 564. The molecule has 128 valence electrons. The number of ether oxygens (including phenoxy) is 3. The Morgan fingerprint density at radius 3 is 2.48 bits per heavy atom. The summed E-state index contributed by atoms with van der Waals surface area (Å²) in [6, 6.07) is 4.46. The summed E-state index contributed by atoms with van der Waals surface area (Å²) in [7, 11) is 1.41. The Hall–Kier alpha value is -2.28. The van der Waals surface area contributed by atoms with E-state index in [-0.39, 0.29) is 12.4 Å². The van der Waals surface area contributed by atoms with Crippen LogP contribution in [-0.4, -0.2) is 36.5 Å². The maximum atomic E-state index is 11.8. The van der Waals surface area contributed by atoms with Gasteiger partial charge < -0.3 is 19.3 Å². The van der Waals surface area contributed by atoms with Gasteiger partial charge in [0.2, 0.25) is 0 Å². The van der Waals surface area contributed by atoms with E-state index in [1.54, 1.807) is 27.7 Å². The molecule has 1 rings (SSSR count). The number of anilines is 1. The molecular weight excluding hydrogens is 302 g/mol. The maximum Gasteiger partial charge on any atom is 0.412 e. The number of aliphatic hydroxyl groups excluding tert-OH is 1. The second-order valence-corrected chi connectivity index (χ2v) is 5.74. The molecule has 0 heterocycles. The third-order valence-corrected chi connectivity index (χ3v) is 2.69. The van der Waals surface area contributed by atoms with Gasteiger partial charge in [0.1, 0.15) is 11.4 Å². The molecular formula is C16H23NO6. The van der Waals surface area contributed by atoms with Crippen LogP contribution in [0.15, 0.2) is 18.2 Å². The summed E-state index contributed by atoms with van der Waals surface area (Å²) in [5, 5.41) is 12.5. The molecule has 1 aromatic rings. The van der Waals surface area contributed by atoms with Crippen molar-refractivity contribution in [3.05, 3.63) is 23.8 Å². The van der Waals surface area contributed by atoms with E-state index in [1.807, 2.05) is 0 Å². The van der Waals surface area contributed by atoms with Crippen molar-refractivity contribution in [2.45, 2.75) is 39.4 Å². The fourth-order valence-corrected chi connectivity index (χ4v) is 1.75. The molecule has 0 bridgehead atoms. The van der Waals surface area contributed by atoms with Crippen LogP contribution in [0.1, 0.15) is 39.4 Å². The van der Waals surface area contributed by atoms with E-state index in [2.05, 4.69) is 5.32 Å². The smallest absolute Gasteiger partial charge is 0.412 e. The van der Waals surface area contributed by atoms with Crippen molar-refractivity contribution in [3.8, 4) is 5.75 Å². The monoisotopic (exact) mass is 325 g/mol. The summed E-state index contributed by atoms with van der Waals surface area (Å²) in [6.45, 7) is 7.08. The number of hydrogen-bond acceptors (Lipinski definition) is 6. The van der Waals surface area contributed by atoms with Gasteiger partial charge in [0, 0.05) is 0 Å². The second kappa shape index (κ2) is 7.82. The molecule has 1 amide bonds.